The van der Waals surface area contributed by atoms with Gasteiger partial charge in [-0.05, 0) is 6.92 Å². The van der Waals surface area contributed by atoms with Crippen LogP contribution in [-0.2, 0) is 4.79 Å². The normalized spacial score (nSPS) is 8.58. The molecule has 0 heterocycles. The van der Waals surface area contributed by atoms with Gasteiger partial charge in [0.2, 0.25) is 0 Å². The summed E-state index contributed by atoms with van der Waals surface area (Å²) >= 11 is 0. The molecule has 0 atom stereocenters. The first-order chi connectivity index (χ1) is 4.06. The molecular formula is C5H11BiO6. The van der Waals surface area contributed by atoms with E-state index in [4.69, 9.17) is 10.2 Å². The van der Waals surface area contributed by atoms with Gasteiger partial charge in [-0.3, -0.25) is 0 Å². The molecule has 0 aromatic rings. The average molecular weight is 376 g/mol. The summed E-state index contributed by atoms with van der Waals surface area (Å²) in [5.74, 6) is -1.44. The van der Waals surface area contributed by atoms with Crippen molar-refractivity contribution in [2.45, 2.75) is 6.92 Å². The monoisotopic (exact) mass is 376 g/mol. The van der Waals surface area contributed by atoms with E-state index in [1.165, 1.54) is 6.92 Å². The van der Waals surface area contributed by atoms with Gasteiger partial charge in [-0.2, -0.15) is 0 Å². The quantitative estimate of drug-likeness (QED) is 0.503. The van der Waals surface area contributed by atoms with Gasteiger partial charge in [-0.25, -0.2) is 0 Å². The van der Waals surface area contributed by atoms with Crippen molar-refractivity contribution >= 4 is 32.2 Å². The summed E-state index contributed by atoms with van der Waals surface area (Å²) in [7, 11) is 0. The molecule has 0 bridgehead atoms. The van der Waals surface area contributed by atoms with E-state index in [0.29, 0.717) is 0 Å². The minimum atomic E-state index is -1.50. The topological polar surface area (TPSA) is 141 Å². The minimum Gasteiger partial charge on any atom is -0.870 e. The van der Waals surface area contributed by atoms with Gasteiger partial charge in [0.1, 0.15) is 0 Å². The molecule has 2 radical (unpaired) electrons. The summed E-state index contributed by atoms with van der Waals surface area (Å²) in [5.41, 5.74) is -1.50. The van der Waals surface area contributed by atoms with Gasteiger partial charge in [0.15, 0.2) is 0 Å². The Kier molecular flexibility index (Phi) is 17.6. The molecule has 0 aromatic carbocycles. The number of carboxylic acids is 1. The summed E-state index contributed by atoms with van der Waals surface area (Å²) in [4.78, 5) is 10.1. The van der Waals surface area contributed by atoms with Crippen molar-refractivity contribution < 1.29 is 31.1 Å². The Balaban J connectivity index is -0.000000107. The number of rotatable bonds is 3. The molecule has 72 valence electrons. The third-order valence-electron chi connectivity index (χ3n) is 1.19. The Morgan fingerprint density at radius 2 is 1.58 bits per heavy atom. The van der Waals surface area contributed by atoms with E-state index in [9.17, 15) is 9.90 Å². The maximum atomic E-state index is 10.1. The number of carbonyl (C=O) groups excluding carboxylic acids is 1. The van der Waals surface area contributed by atoms with Crippen molar-refractivity contribution in [2.75, 3.05) is 13.2 Å². The number of aliphatic hydroxyl groups excluding tert-OH is 2. The second kappa shape index (κ2) is 9.28. The van der Waals surface area contributed by atoms with Gasteiger partial charge < -0.3 is 31.1 Å². The second-order valence-electron chi connectivity index (χ2n) is 2.16. The van der Waals surface area contributed by atoms with Crippen molar-refractivity contribution in [1.82, 2.24) is 0 Å². The summed E-state index contributed by atoms with van der Waals surface area (Å²) < 4.78 is 0. The van der Waals surface area contributed by atoms with Crippen LogP contribution >= 0.6 is 0 Å². The number of carbonyl (C=O) groups is 1. The third-order valence-corrected chi connectivity index (χ3v) is 1.19. The summed E-state index contributed by atoms with van der Waals surface area (Å²) in [5, 5.41) is 26.8. The van der Waals surface area contributed by atoms with Crippen molar-refractivity contribution in [2.24, 2.45) is 5.41 Å². The molecular weight excluding hydrogens is 365 g/mol. The standard InChI is InChI=1S/C5H10O4.Bi.2H2O/c1-5(2-6,3-7)4(8)9;;;/h6-7H,2-3H2,1H3,(H,8,9);;2*1H2/q;+3;;/p-3. The Bertz CT molecular complexity index is 113. The first-order valence-electron chi connectivity index (χ1n) is 2.50. The third kappa shape index (κ3) is 5.79. The number of aliphatic carboxylic acids is 1. The molecule has 0 saturated carbocycles. The Hall–Kier alpha value is 0.193. The molecule has 7 heteroatoms. The second-order valence-corrected chi connectivity index (χ2v) is 2.16. The number of aliphatic hydroxyl groups is 2. The van der Waals surface area contributed by atoms with Gasteiger partial charge in [-0.15, -0.1) is 0 Å². The van der Waals surface area contributed by atoms with Crippen LogP contribution in [0.5, 0.6) is 0 Å². The molecule has 12 heavy (non-hydrogen) atoms. The molecule has 0 spiro atoms. The van der Waals surface area contributed by atoms with E-state index in [2.05, 4.69) is 0 Å². The van der Waals surface area contributed by atoms with E-state index in [-0.39, 0.29) is 37.2 Å². The van der Waals surface area contributed by atoms with Gasteiger partial charge in [0, 0.05) is 0 Å². The zero-order chi connectivity index (χ0) is 7.49. The first kappa shape index (κ1) is 22.8. The van der Waals surface area contributed by atoms with E-state index < -0.39 is 24.6 Å². The summed E-state index contributed by atoms with van der Waals surface area (Å²) in [6.45, 7) is -0.000000000000000666. The van der Waals surface area contributed by atoms with Gasteiger partial charge in [0.25, 0.3) is 0 Å². The molecule has 6 nitrogen and oxygen atoms in total. The van der Waals surface area contributed by atoms with Crippen LogP contribution < -0.4 is 5.11 Å². The van der Waals surface area contributed by atoms with Gasteiger partial charge >= 0.3 is 26.2 Å². The molecule has 0 aromatic heterocycles. The maximum Gasteiger partial charge on any atom is 3.00 e. The average Bonchev–Trinajstić information content (AvgIpc) is 1.86. The molecule has 4 N–H and O–H groups in total. The van der Waals surface area contributed by atoms with Crippen LogP contribution in [0.1, 0.15) is 6.92 Å². The predicted octanol–water partition coefficient (Wildman–Crippen LogP) is -3.01. The van der Waals surface area contributed by atoms with Crippen LogP contribution in [0.15, 0.2) is 0 Å². The zero-order valence-corrected chi connectivity index (χ0v) is 9.94. The molecule has 0 rings (SSSR count). The van der Waals surface area contributed by atoms with E-state index in [1.54, 1.807) is 0 Å². The van der Waals surface area contributed by atoms with Crippen LogP contribution in [0.4, 0.5) is 0 Å². The van der Waals surface area contributed by atoms with Crippen molar-refractivity contribution in [1.29, 1.82) is 0 Å². The van der Waals surface area contributed by atoms with Gasteiger partial charge in [0.05, 0.1) is 24.6 Å². The fourth-order valence-corrected chi connectivity index (χ4v) is 0.179. The molecule has 0 aliphatic carbocycles. The number of carboxylic acid groups (broad SMARTS) is 1. The van der Waals surface area contributed by atoms with Gasteiger partial charge in [-0.1, -0.05) is 0 Å². The molecule has 0 unspecified atom stereocenters. The van der Waals surface area contributed by atoms with Crippen LogP contribution in [0.25, 0.3) is 0 Å². The van der Waals surface area contributed by atoms with Crippen molar-refractivity contribution in [3.8, 4) is 0 Å². The van der Waals surface area contributed by atoms with E-state index in [1.807, 2.05) is 0 Å². The zero-order valence-electron chi connectivity index (χ0n) is 6.47. The van der Waals surface area contributed by atoms with Crippen LogP contribution in [0.3, 0.4) is 0 Å². The molecule has 0 amide bonds. The van der Waals surface area contributed by atoms with Crippen LogP contribution in [-0.4, -0.2) is 66.6 Å². The van der Waals surface area contributed by atoms with Crippen molar-refractivity contribution in [3.63, 3.8) is 0 Å². The Labute approximate surface area is 89.0 Å². The molecule has 0 fully saturated rings. The molecule has 0 aliphatic rings. The van der Waals surface area contributed by atoms with Crippen LogP contribution in [0.2, 0.25) is 0 Å². The fourth-order valence-electron chi connectivity index (χ4n) is 0.179. The van der Waals surface area contributed by atoms with E-state index >= 15 is 0 Å². The summed E-state index contributed by atoms with van der Waals surface area (Å²) in [6.07, 6.45) is 0. The first-order valence-corrected chi connectivity index (χ1v) is 2.50. The smallest absolute Gasteiger partial charge is 0.870 e. The molecule has 0 aliphatic heterocycles. The number of hydrogen-bond donors (Lipinski definition) is 2. The number of hydrogen-bond acceptors (Lipinski definition) is 6. The maximum absolute atomic E-state index is 10.1. The predicted molar refractivity (Wildman–Crippen MR) is 36.9 cm³/mol. The van der Waals surface area contributed by atoms with E-state index in [0.717, 1.165) is 0 Å². The van der Waals surface area contributed by atoms with Crippen LogP contribution in [0, 0.1) is 5.41 Å². The minimum absolute atomic E-state index is 0. The Morgan fingerprint density at radius 3 is 1.58 bits per heavy atom. The molecule has 0 saturated heterocycles. The largest absolute Gasteiger partial charge is 3.00 e. The Morgan fingerprint density at radius 1 is 1.33 bits per heavy atom. The SMILES string of the molecule is CC(CO)(CO)C(=O)[O-].[Bi+3].[OH-].[OH-]. The van der Waals surface area contributed by atoms with Crippen molar-refractivity contribution in [3.05, 3.63) is 0 Å². The summed E-state index contributed by atoms with van der Waals surface area (Å²) in [6, 6.07) is 0. The fraction of sp³-hybridized carbons (Fsp3) is 0.800.